The normalized spacial score (nSPS) is 15.8. The van der Waals surface area contributed by atoms with Crippen molar-refractivity contribution in [1.82, 2.24) is 14.5 Å². The Morgan fingerprint density at radius 2 is 2.00 bits per heavy atom. The lowest BCUT2D eigenvalue weighted by atomic mass is 10.00. The number of fused-ring (bicyclic) bond motifs is 2. The van der Waals surface area contributed by atoms with E-state index in [2.05, 4.69) is 47.1 Å². The average Bonchev–Trinajstić information content (AvgIpc) is 3.19. The first-order valence-electron chi connectivity index (χ1n) is 10.7. The Bertz CT molecular complexity index is 1160. The van der Waals surface area contributed by atoms with Crippen molar-refractivity contribution < 1.29 is 14.3 Å². The van der Waals surface area contributed by atoms with Crippen LogP contribution in [0.2, 0.25) is 0 Å². The molecule has 4 heterocycles. The summed E-state index contributed by atoms with van der Waals surface area (Å²) >= 11 is 0. The smallest absolute Gasteiger partial charge is 0.322 e. The minimum atomic E-state index is -0.113. The van der Waals surface area contributed by atoms with Gasteiger partial charge < -0.3 is 24.3 Å². The fraction of sp³-hybridized carbons (Fsp3) is 0.333. The molecule has 5 rings (SSSR count). The van der Waals surface area contributed by atoms with E-state index in [1.165, 1.54) is 11.1 Å². The summed E-state index contributed by atoms with van der Waals surface area (Å²) in [5.74, 6) is 1.38. The highest BCUT2D eigenvalue weighted by Crippen LogP contribution is 2.34. The molecule has 7 nitrogen and oxygen atoms in total. The molecule has 1 aromatic carbocycles. The number of pyridine rings is 1. The SMILES string of the molecule is CC(C)n1cc(C2=CCN(C(=O)Nc3ccc4c(c3)OCCO4)CC2)c2cccnc21. The molecule has 0 bridgehead atoms. The molecule has 0 spiro atoms. The zero-order chi connectivity index (χ0) is 21.4. The molecule has 7 heteroatoms. The van der Waals surface area contributed by atoms with Crippen LogP contribution in [-0.2, 0) is 0 Å². The summed E-state index contributed by atoms with van der Waals surface area (Å²) in [6, 6.07) is 9.81. The highest BCUT2D eigenvalue weighted by atomic mass is 16.6. The topological polar surface area (TPSA) is 68.6 Å². The standard InChI is InChI=1S/C24H26N4O3/c1-16(2)28-15-20(19-4-3-9-25-23(19)28)17-7-10-27(11-8-17)24(29)26-18-5-6-21-22(14-18)31-13-12-30-21/h3-7,9,14-16H,8,10-13H2,1-2H3,(H,26,29). The van der Waals surface area contributed by atoms with Gasteiger partial charge in [-0.3, -0.25) is 0 Å². The number of carbonyl (C=O) groups is 1. The number of hydrogen-bond donors (Lipinski definition) is 1. The molecule has 0 atom stereocenters. The summed E-state index contributed by atoms with van der Waals surface area (Å²) in [5.41, 5.74) is 4.19. The van der Waals surface area contributed by atoms with Crippen LogP contribution in [-0.4, -0.2) is 46.8 Å². The van der Waals surface area contributed by atoms with Crippen molar-refractivity contribution in [3.63, 3.8) is 0 Å². The van der Waals surface area contributed by atoms with Crippen molar-refractivity contribution in [1.29, 1.82) is 0 Å². The van der Waals surface area contributed by atoms with Crippen LogP contribution in [0.25, 0.3) is 16.6 Å². The average molecular weight is 418 g/mol. The predicted molar refractivity (Wildman–Crippen MR) is 121 cm³/mol. The molecule has 0 saturated heterocycles. The van der Waals surface area contributed by atoms with Crippen molar-refractivity contribution in [2.75, 3.05) is 31.6 Å². The van der Waals surface area contributed by atoms with Crippen molar-refractivity contribution in [3.05, 3.63) is 54.4 Å². The van der Waals surface area contributed by atoms with E-state index >= 15 is 0 Å². The Morgan fingerprint density at radius 3 is 2.77 bits per heavy atom. The molecule has 0 unspecified atom stereocenters. The van der Waals surface area contributed by atoms with Gasteiger partial charge in [-0.05, 0) is 50.1 Å². The number of nitrogens with zero attached hydrogens (tertiary/aromatic N) is 3. The molecular weight excluding hydrogens is 392 g/mol. The second-order valence-corrected chi connectivity index (χ2v) is 8.13. The summed E-state index contributed by atoms with van der Waals surface area (Å²) < 4.78 is 13.4. The van der Waals surface area contributed by atoms with Crippen molar-refractivity contribution in [2.24, 2.45) is 0 Å². The van der Waals surface area contributed by atoms with Gasteiger partial charge in [0.05, 0.1) is 0 Å². The second kappa shape index (κ2) is 7.98. The third-order valence-corrected chi connectivity index (χ3v) is 5.78. The van der Waals surface area contributed by atoms with Crippen LogP contribution in [0.15, 0.2) is 48.8 Å². The molecule has 0 radical (unpaired) electrons. The molecule has 2 aromatic heterocycles. The van der Waals surface area contributed by atoms with Crippen LogP contribution in [0.4, 0.5) is 10.5 Å². The largest absolute Gasteiger partial charge is 0.486 e. The van der Waals surface area contributed by atoms with Crippen LogP contribution >= 0.6 is 0 Å². The molecule has 3 aromatic rings. The van der Waals surface area contributed by atoms with Gasteiger partial charge in [0.15, 0.2) is 11.5 Å². The molecular formula is C24H26N4O3. The van der Waals surface area contributed by atoms with Crippen LogP contribution in [0, 0.1) is 0 Å². The van der Waals surface area contributed by atoms with E-state index in [1.807, 2.05) is 35.4 Å². The van der Waals surface area contributed by atoms with Gasteiger partial charge in [-0.2, -0.15) is 0 Å². The first-order valence-corrected chi connectivity index (χ1v) is 10.7. The molecule has 160 valence electrons. The van der Waals surface area contributed by atoms with E-state index in [-0.39, 0.29) is 6.03 Å². The fourth-order valence-electron chi connectivity index (χ4n) is 4.15. The minimum absolute atomic E-state index is 0.113. The fourth-order valence-corrected chi connectivity index (χ4v) is 4.15. The van der Waals surface area contributed by atoms with Gasteiger partial charge in [0.1, 0.15) is 18.9 Å². The Labute approximate surface area is 181 Å². The van der Waals surface area contributed by atoms with Crippen molar-refractivity contribution in [2.45, 2.75) is 26.3 Å². The molecule has 0 fully saturated rings. The Hall–Kier alpha value is -3.48. The third kappa shape index (κ3) is 3.71. The van der Waals surface area contributed by atoms with Gasteiger partial charge in [-0.1, -0.05) is 6.08 Å². The van der Waals surface area contributed by atoms with E-state index < -0.39 is 0 Å². The number of rotatable bonds is 3. The number of aromatic nitrogens is 2. The number of benzene rings is 1. The summed E-state index contributed by atoms with van der Waals surface area (Å²) in [6.07, 6.45) is 6.99. The summed E-state index contributed by atoms with van der Waals surface area (Å²) in [6.45, 7) is 6.63. The lowest BCUT2D eigenvalue weighted by molar-refractivity contribution is 0.171. The maximum absolute atomic E-state index is 12.8. The summed E-state index contributed by atoms with van der Waals surface area (Å²) in [5, 5.41) is 4.14. The van der Waals surface area contributed by atoms with E-state index in [1.54, 1.807) is 0 Å². The van der Waals surface area contributed by atoms with Crippen molar-refractivity contribution in [3.8, 4) is 11.5 Å². The Morgan fingerprint density at radius 1 is 1.16 bits per heavy atom. The van der Waals surface area contributed by atoms with Gasteiger partial charge >= 0.3 is 6.03 Å². The van der Waals surface area contributed by atoms with Crippen LogP contribution in [0.1, 0.15) is 31.9 Å². The zero-order valence-electron chi connectivity index (χ0n) is 17.8. The highest BCUT2D eigenvalue weighted by Gasteiger charge is 2.22. The predicted octanol–water partition coefficient (Wildman–Crippen LogP) is 4.71. The number of nitrogens with one attached hydrogen (secondary N) is 1. The van der Waals surface area contributed by atoms with E-state index in [0.717, 1.165) is 17.5 Å². The zero-order valence-corrected chi connectivity index (χ0v) is 17.8. The molecule has 2 aliphatic rings. The molecule has 0 aliphatic carbocycles. The maximum atomic E-state index is 12.8. The monoisotopic (exact) mass is 418 g/mol. The third-order valence-electron chi connectivity index (χ3n) is 5.78. The first-order chi connectivity index (χ1) is 15.1. The Kier molecular flexibility index (Phi) is 5.02. The number of anilines is 1. The molecule has 2 aliphatic heterocycles. The molecule has 1 N–H and O–H groups in total. The quantitative estimate of drug-likeness (QED) is 0.669. The van der Waals surface area contributed by atoms with E-state index in [0.29, 0.717) is 49.5 Å². The first kappa shape index (κ1) is 19.5. The second-order valence-electron chi connectivity index (χ2n) is 8.13. The highest BCUT2D eigenvalue weighted by molar-refractivity contribution is 5.93. The molecule has 2 amide bonds. The van der Waals surface area contributed by atoms with Crippen LogP contribution < -0.4 is 14.8 Å². The van der Waals surface area contributed by atoms with Gasteiger partial charge in [-0.25, -0.2) is 9.78 Å². The van der Waals surface area contributed by atoms with Crippen LogP contribution in [0.5, 0.6) is 11.5 Å². The number of carbonyl (C=O) groups excluding carboxylic acids is 1. The number of amides is 2. The van der Waals surface area contributed by atoms with Gasteiger partial charge in [-0.15, -0.1) is 0 Å². The molecule has 31 heavy (non-hydrogen) atoms. The summed E-state index contributed by atoms with van der Waals surface area (Å²) in [7, 11) is 0. The van der Waals surface area contributed by atoms with E-state index in [9.17, 15) is 4.79 Å². The lowest BCUT2D eigenvalue weighted by Gasteiger charge is -2.27. The summed E-state index contributed by atoms with van der Waals surface area (Å²) in [4.78, 5) is 19.2. The minimum Gasteiger partial charge on any atom is -0.486 e. The van der Waals surface area contributed by atoms with E-state index in [4.69, 9.17) is 9.47 Å². The van der Waals surface area contributed by atoms with Gasteiger partial charge in [0.2, 0.25) is 0 Å². The van der Waals surface area contributed by atoms with Crippen LogP contribution in [0.3, 0.4) is 0 Å². The van der Waals surface area contributed by atoms with Gasteiger partial charge in [0.25, 0.3) is 0 Å². The molecule has 0 saturated carbocycles. The number of urea groups is 1. The van der Waals surface area contributed by atoms with Crippen molar-refractivity contribution >= 4 is 28.3 Å². The number of hydrogen-bond acceptors (Lipinski definition) is 4. The van der Waals surface area contributed by atoms with Gasteiger partial charge in [0, 0.05) is 54.2 Å². The Balaban J connectivity index is 1.31. The lowest BCUT2D eigenvalue weighted by Crippen LogP contribution is -2.37. The maximum Gasteiger partial charge on any atom is 0.322 e. The number of ether oxygens (including phenoxy) is 2.